The van der Waals surface area contributed by atoms with Crippen LogP contribution in [0.5, 0.6) is 0 Å². The van der Waals surface area contributed by atoms with Crippen LogP contribution in [0.3, 0.4) is 0 Å². The van der Waals surface area contributed by atoms with Crippen molar-refractivity contribution in [3.63, 3.8) is 0 Å². The van der Waals surface area contributed by atoms with Gasteiger partial charge in [-0.2, -0.15) is 0 Å². The van der Waals surface area contributed by atoms with E-state index in [1.54, 1.807) is 12.1 Å². The van der Waals surface area contributed by atoms with Gasteiger partial charge < -0.3 is 15.2 Å². The van der Waals surface area contributed by atoms with Gasteiger partial charge in [-0.1, -0.05) is 23.7 Å². The number of nitrogens with zero attached hydrogens (tertiary/aromatic N) is 2. The van der Waals surface area contributed by atoms with Crippen molar-refractivity contribution in [2.45, 2.75) is 13.0 Å². The molecule has 0 saturated carbocycles. The quantitative estimate of drug-likeness (QED) is 0.797. The maximum absolute atomic E-state index is 11.0. The molecule has 0 radical (unpaired) electrons. The van der Waals surface area contributed by atoms with Gasteiger partial charge in [0, 0.05) is 16.0 Å². The Hall–Kier alpha value is -2.66. The van der Waals surface area contributed by atoms with Crippen LogP contribution in [0.15, 0.2) is 48.5 Å². The van der Waals surface area contributed by atoms with Gasteiger partial charge in [-0.05, 0) is 43.3 Å². The maximum Gasteiger partial charge on any atom is 0.162 e. The molecule has 0 amide bonds. The topological polar surface area (TPSA) is 77.9 Å². The number of fused-ring (bicyclic) bond motifs is 1. The van der Waals surface area contributed by atoms with Crippen LogP contribution in [0.4, 0.5) is 5.82 Å². The number of hydrogen-bond acceptors (Lipinski definition) is 5. The smallest absolute Gasteiger partial charge is 0.162 e. The highest BCUT2D eigenvalue weighted by molar-refractivity contribution is 6.30. The number of aromatic nitrogens is 2. The lowest BCUT2D eigenvalue weighted by atomic mass is 10.1. The number of halogens is 1. The van der Waals surface area contributed by atoms with Crippen LogP contribution in [0.1, 0.15) is 6.92 Å². The van der Waals surface area contributed by atoms with Gasteiger partial charge in [0.1, 0.15) is 5.82 Å². The van der Waals surface area contributed by atoms with E-state index < -0.39 is 12.0 Å². The molecule has 1 heterocycles. The Labute approximate surface area is 138 Å². The van der Waals surface area contributed by atoms with Crippen molar-refractivity contribution in [3.8, 4) is 11.4 Å². The molecule has 3 rings (SSSR count). The van der Waals surface area contributed by atoms with E-state index in [0.717, 1.165) is 16.5 Å². The van der Waals surface area contributed by atoms with Crippen molar-refractivity contribution in [1.82, 2.24) is 9.97 Å². The van der Waals surface area contributed by atoms with Gasteiger partial charge in [0.05, 0.1) is 17.5 Å². The fourth-order valence-corrected chi connectivity index (χ4v) is 2.30. The SMILES string of the molecule is C[C@@H](Nc1nc(-c2ccc(Cl)cc2)nc2ccccc12)C(=O)[O-]. The summed E-state index contributed by atoms with van der Waals surface area (Å²) in [5.74, 6) is -0.244. The molecule has 23 heavy (non-hydrogen) atoms. The van der Waals surface area contributed by atoms with Gasteiger partial charge >= 0.3 is 0 Å². The first-order valence-electron chi connectivity index (χ1n) is 7.05. The molecule has 0 unspecified atom stereocenters. The average molecular weight is 327 g/mol. The minimum absolute atomic E-state index is 0.456. The van der Waals surface area contributed by atoms with E-state index in [1.165, 1.54) is 6.92 Å². The molecular weight excluding hydrogens is 314 g/mol. The summed E-state index contributed by atoms with van der Waals surface area (Å²) in [6, 6.07) is 13.7. The highest BCUT2D eigenvalue weighted by Gasteiger charge is 2.11. The van der Waals surface area contributed by atoms with Crippen molar-refractivity contribution in [3.05, 3.63) is 53.6 Å². The van der Waals surface area contributed by atoms with Crippen molar-refractivity contribution in [2.24, 2.45) is 0 Å². The van der Waals surface area contributed by atoms with Crippen molar-refractivity contribution >= 4 is 34.3 Å². The lowest BCUT2D eigenvalue weighted by Gasteiger charge is -2.17. The number of nitrogens with one attached hydrogen (secondary N) is 1. The zero-order valence-electron chi connectivity index (χ0n) is 12.3. The fraction of sp³-hybridized carbons (Fsp3) is 0.118. The molecule has 1 N–H and O–H groups in total. The Morgan fingerprint density at radius 3 is 2.52 bits per heavy atom. The van der Waals surface area contributed by atoms with E-state index >= 15 is 0 Å². The van der Waals surface area contributed by atoms with Crippen molar-refractivity contribution in [1.29, 1.82) is 0 Å². The largest absolute Gasteiger partial charge is 0.548 e. The van der Waals surface area contributed by atoms with Gasteiger partial charge in [0.25, 0.3) is 0 Å². The molecular formula is C17H13ClN3O2-. The van der Waals surface area contributed by atoms with E-state index in [0.29, 0.717) is 16.7 Å². The fourth-order valence-electron chi connectivity index (χ4n) is 2.18. The Kier molecular flexibility index (Phi) is 4.12. The Bertz CT molecular complexity index is 865. The molecule has 2 aromatic carbocycles. The molecule has 5 nitrogen and oxygen atoms in total. The second-order valence-electron chi connectivity index (χ2n) is 5.10. The van der Waals surface area contributed by atoms with Gasteiger partial charge in [0.2, 0.25) is 0 Å². The molecule has 0 bridgehead atoms. The molecule has 0 aliphatic rings. The van der Waals surface area contributed by atoms with Crippen LogP contribution < -0.4 is 10.4 Å². The number of para-hydroxylation sites is 1. The molecule has 3 aromatic rings. The summed E-state index contributed by atoms with van der Waals surface area (Å²) in [5, 5.41) is 15.2. The van der Waals surface area contributed by atoms with E-state index in [4.69, 9.17) is 11.6 Å². The van der Waals surface area contributed by atoms with Gasteiger partial charge in [-0.3, -0.25) is 0 Å². The molecule has 0 aliphatic carbocycles. The third-order valence-corrected chi connectivity index (χ3v) is 3.66. The predicted octanol–water partition coefficient (Wildman–Crippen LogP) is 2.50. The summed E-state index contributed by atoms with van der Waals surface area (Å²) in [6.07, 6.45) is 0. The molecule has 1 atom stereocenters. The molecule has 0 spiro atoms. The predicted molar refractivity (Wildman–Crippen MR) is 88.1 cm³/mol. The second kappa shape index (κ2) is 6.22. The average Bonchev–Trinajstić information content (AvgIpc) is 2.55. The lowest BCUT2D eigenvalue weighted by Crippen LogP contribution is -2.38. The van der Waals surface area contributed by atoms with E-state index in [1.807, 2.05) is 36.4 Å². The van der Waals surface area contributed by atoms with Crippen LogP contribution >= 0.6 is 11.6 Å². The minimum Gasteiger partial charge on any atom is -0.548 e. The molecule has 0 saturated heterocycles. The van der Waals surface area contributed by atoms with Crippen LogP contribution in [-0.2, 0) is 4.79 Å². The van der Waals surface area contributed by atoms with Crippen LogP contribution in [0.2, 0.25) is 5.02 Å². The van der Waals surface area contributed by atoms with E-state index in [9.17, 15) is 9.90 Å². The number of hydrogen-bond donors (Lipinski definition) is 1. The number of carboxylic acid groups (broad SMARTS) is 1. The first-order valence-corrected chi connectivity index (χ1v) is 7.42. The number of rotatable bonds is 4. The molecule has 0 fully saturated rings. The van der Waals surface area contributed by atoms with Crippen LogP contribution in [0, 0.1) is 0 Å². The summed E-state index contributed by atoms with van der Waals surface area (Å²) < 4.78 is 0. The Balaban J connectivity index is 2.13. The summed E-state index contributed by atoms with van der Waals surface area (Å²) in [7, 11) is 0. The molecule has 1 aromatic heterocycles. The number of benzene rings is 2. The first kappa shape index (κ1) is 15.2. The second-order valence-corrected chi connectivity index (χ2v) is 5.54. The number of aliphatic carboxylic acids is 1. The molecule has 0 aliphatic heterocycles. The number of carbonyl (C=O) groups is 1. The third kappa shape index (κ3) is 3.24. The number of carbonyl (C=O) groups excluding carboxylic acids is 1. The lowest BCUT2D eigenvalue weighted by molar-refractivity contribution is -0.306. The van der Waals surface area contributed by atoms with Crippen LogP contribution in [-0.4, -0.2) is 22.0 Å². The summed E-state index contributed by atoms with van der Waals surface area (Å²) in [5.41, 5.74) is 1.52. The van der Waals surface area contributed by atoms with Gasteiger partial charge in [-0.25, -0.2) is 9.97 Å². The number of anilines is 1. The van der Waals surface area contributed by atoms with Crippen LogP contribution in [0.25, 0.3) is 22.3 Å². The Morgan fingerprint density at radius 2 is 1.83 bits per heavy atom. The summed E-state index contributed by atoms with van der Waals surface area (Å²) >= 11 is 5.90. The van der Waals surface area contributed by atoms with E-state index in [-0.39, 0.29) is 0 Å². The first-order chi connectivity index (χ1) is 11.0. The highest BCUT2D eigenvalue weighted by Crippen LogP contribution is 2.26. The normalized spacial score (nSPS) is 12.1. The van der Waals surface area contributed by atoms with Crippen molar-refractivity contribution < 1.29 is 9.90 Å². The van der Waals surface area contributed by atoms with Gasteiger partial charge in [-0.15, -0.1) is 0 Å². The van der Waals surface area contributed by atoms with Crippen molar-refractivity contribution in [2.75, 3.05) is 5.32 Å². The summed E-state index contributed by atoms with van der Waals surface area (Å²) in [4.78, 5) is 20.0. The summed E-state index contributed by atoms with van der Waals surface area (Å²) in [6.45, 7) is 1.51. The standard InChI is InChI=1S/C17H14ClN3O2/c1-10(17(22)23)19-16-13-4-2-3-5-14(13)20-15(21-16)11-6-8-12(18)9-7-11/h2-10H,1H3,(H,22,23)(H,19,20,21)/p-1/t10-/m1/s1. The maximum atomic E-state index is 11.0. The monoisotopic (exact) mass is 326 g/mol. The Morgan fingerprint density at radius 1 is 1.13 bits per heavy atom. The van der Waals surface area contributed by atoms with E-state index in [2.05, 4.69) is 15.3 Å². The highest BCUT2D eigenvalue weighted by atomic mass is 35.5. The zero-order chi connectivity index (χ0) is 16.4. The van der Waals surface area contributed by atoms with Gasteiger partial charge in [0.15, 0.2) is 5.82 Å². The number of carboxylic acids is 1. The molecule has 116 valence electrons. The zero-order valence-corrected chi connectivity index (χ0v) is 13.0. The molecule has 6 heteroatoms. The minimum atomic E-state index is -1.19. The third-order valence-electron chi connectivity index (χ3n) is 3.41.